The van der Waals surface area contributed by atoms with Gasteiger partial charge in [0.1, 0.15) is 5.76 Å². The number of likely N-dealkylation sites (tertiary alicyclic amines) is 2. The predicted molar refractivity (Wildman–Crippen MR) is 123 cm³/mol. The lowest BCUT2D eigenvalue weighted by atomic mass is 9.87. The predicted octanol–water partition coefficient (Wildman–Crippen LogP) is 4.55. The number of hydrogen-bond donors (Lipinski definition) is 1. The van der Waals surface area contributed by atoms with Gasteiger partial charge in [0, 0.05) is 35.5 Å². The van der Waals surface area contributed by atoms with Crippen LogP contribution in [0.15, 0.2) is 4.52 Å². The topological polar surface area (TPSA) is 99.8 Å². The van der Waals surface area contributed by atoms with Gasteiger partial charge in [-0.05, 0) is 59.9 Å². The third-order valence-electron chi connectivity index (χ3n) is 6.79. The second-order valence-electron chi connectivity index (χ2n) is 9.18. The lowest BCUT2D eigenvalue weighted by molar-refractivity contribution is -0.192. The smallest absolute Gasteiger partial charge is 0.475 e. The number of aliphatic carboxylic acids is 1. The fourth-order valence-electron chi connectivity index (χ4n) is 4.85. The quantitative estimate of drug-likeness (QED) is 0.637. The van der Waals surface area contributed by atoms with Crippen molar-refractivity contribution < 1.29 is 32.4 Å². The first-order valence-corrected chi connectivity index (χ1v) is 12.3. The Morgan fingerprint density at radius 2 is 1.80 bits per heavy atom. The zero-order valence-electron chi connectivity index (χ0n) is 20.4. The molecule has 12 heteroatoms. The van der Waals surface area contributed by atoms with Gasteiger partial charge in [-0.1, -0.05) is 5.16 Å². The van der Waals surface area contributed by atoms with Crippen LogP contribution in [0.5, 0.6) is 0 Å². The number of alkyl halides is 3. The summed E-state index contributed by atoms with van der Waals surface area (Å²) in [5.74, 6) is -1.64. The van der Waals surface area contributed by atoms with E-state index in [1.807, 2.05) is 25.2 Å². The summed E-state index contributed by atoms with van der Waals surface area (Å²) in [6.07, 6.45) is -0.196. The number of carboxylic acids is 1. The van der Waals surface area contributed by atoms with E-state index in [-0.39, 0.29) is 11.4 Å². The van der Waals surface area contributed by atoms with E-state index in [1.165, 1.54) is 4.88 Å². The van der Waals surface area contributed by atoms with Crippen LogP contribution in [-0.2, 0) is 22.7 Å². The van der Waals surface area contributed by atoms with Crippen molar-refractivity contribution in [2.75, 3.05) is 13.1 Å². The van der Waals surface area contributed by atoms with Crippen molar-refractivity contribution in [3.05, 3.63) is 32.6 Å². The summed E-state index contributed by atoms with van der Waals surface area (Å²) in [6.45, 7) is 11.8. The minimum Gasteiger partial charge on any atom is -0.475 e. The van der Waals surface area contributed by atoms with Gasteiger partial charge in [-0.25, -0.2) is 9.78 Å². The molecule has 0 aliphatic carbocycles. The van der Waals surface area contributed by atoms with Crippen LogP contribution in [0.25, 0.3) is 0 Å². The lowest BCUT2D eigenvalue weighted by Crippen LogP contribution is -2.46. The Hall–Kier alpha value is -2.47. The highest BCUT2D eigenvalue weighted by Gasteiger charge is 2.46. The lowest BCUT2D eigenvalue weighted by Gasteiger charge is -2.38. The van der Waals surface area contributed by atoms with E-state index >= 15 is 0 Å². The molecule has 8 nitrogen and oxygen atoms in total. The minimum atomic E-state index is -5.08. The highest BCUT2D eigenvalue weighted by molar-refractivity contribution is 7.11. The standard InChI is InChI=1S/C21H30N4O2S.C2HF3O2/c1-14-18(16(3)27-23-14)12-25-20(26)6-8-21(25)7-5-10-24(11-9-21)13-19-15(2)22-17(4)28-19;3-2(4,5)1(6)7/h5-13H2,1-4H3;(H,6,7). The number of aromatic nitrogens is 2. The Labute approximate surface area is 206 Å². The van der Waals surface area contributed by atoms with Crippen molar-refractivity contribution in [3.8, 4) is 0 Å². The first kappa shape index (κ1) is 27.1. The third kappa shape index (κ3) is 6.40. The summed E-state index contributed by atoms with van der Waals surface area (Å²) in [6, 6.07) is 0. The number of halogens is 3. The van der Waals surface area contributed by atoms with Gasteiger partial charge < -0.3 is 14.5 Å². The molecule has 2 saturated heterocycles. The molecule has 0 radical (unpaired) electrons. The number of carbonyl (C=O) groups excluding carboxylic acids is 1. The van der Waals surface area contributed by atoms with Crippen LogP contribution in [0.1, 0.15) is 64.7 Å². The zero-order chi connectivity index (χ0) is 26.0. The fourth-order valence-corrected chi connectivity index (χ4v) is 5.83. The first-order chi connectivity index (χ1) is 16.3. The largest absolute Gasteiger partial charge is 0.490 e. The zero-order valence-corrected chi connectivity index (χ0v) is 21.2. The van der Waals surface area contributed by atoms with E-state index < -0.39 is 12.1 Å². The average molecular weight is 517 g/mol. The Bertz CT molecular complexity index is 1050. The molecule has 4 rings (SSSR count). The van der Waals surface area contributed by atoms with Crippen molar-refractivity contribution in [1.29, 1.82) is 0 Å². The van der Waals surface area contributed by atoms with Crippen LogP contribution in [-0.4, -0.2) is 61.7 Å². The number of aryl methyl sites for hydroxylation is 4. The van der Waals surface area contributed by atoms with E-state index in [2.05, 4.69) is 33.8 Å². The summed E-state index contributed by atoms with van der Waals surface area (Å²) in [4.78, 5) is 32.3. The maximum Gasteiger partial charge on any atom is 0.490 e. The monoisotopic (exact) mass is 516 g/mol. The molecule has 2 aromatic heterocycles. The van der Waals surface area contributed by atoms with E-state index in [0.29, 0.717) is 13.0 Å². The molecule has 1 spiro atoms. The van der Waals surface area contributed by atoms with Crippen LogP contribution < -0.4 is 0 Å². The number of carboxylic acid groups (broad SMARTS) is 1. The third-order valence-corrected chi connectivity index (χ3v) is 7.85. The van der Waals surface area contributed by atoms with Gasteiger partial charge in [0.15, 0.2) is 0 Å². The van der Waals surface area contributed by atoms with Gasteiger partial charge >= 0.3 is 12.1 Å². The molecule has 1 amide bonds. The molecule has 0 saturated carbocycles. The number of amides is 1. The summed E-state index contributed by atoms with van der Waals surface area (Å²) in [5.41, 5.74) is 3.13. The van der Waals surface area contributed by atoms with Crippen LogP contribution in [0.4, 0.5) is 13.2 Å². The Kier molecular flexibility index (Phi) is 8.25. The molecule has 2 aromatic rings. The number of rotatable bonds is 4. The second kappa shape index (κ2) is 10.7. The molecule has 194 valence electrons. The summed E-state index contributed by atoms with van der Waals surface area (Å²) in [5, 5.41) is 12.3. The van der Waals surface area contributed by atoms with Gasteiger partial charge in [-0.2, -0.15) is 13.2 Å². The maximum absolute atomic E-state index is 12.8. The summed E-state index contributed by atoms with van der Waals surface area (Å²) in [7, 11) is 0. The molecule has 4 heterocycles. The summed E-state index contributed by atoms with van der Waals surface area (Å²) < 4.78 is 37.1. The summed E-state index contributed by atoms with van der Waals surface area (Å²) >= 11 is 1.81. The Balaban J connectivity index is 0.000000429. The van der Waals surface area contributed by atoms with Gasteiger partial charge in [-0.15, -0.1) is 11.3 Å². The van der Waals surface area contributed by atoms with E-state index in [4.69, 9.17) is 14.4 Å². The molecular weight excluding hydrogens is 485 g/mol. The Morgan fingerprint density at radius 3 is 2.34 bits per heavy atom. The van der Waals surface area contributed by atoms with Crippen molar-refractivity contribution in [2.45, 2.75) is 84.6 Å². The van der Waals surface area contributed by atoms with Crippen LogP contribution in [0.3, 0.4) is 0 Å². The molecule has 1 N–H and O–H groups in total. The molecule has 1 atom stereocenters. The van der Waals surface area contributed by atoms with Crippen LogP contribution >= 0.6 is 11.3 Å². The molecule has 35 heavy (non-hydrogen) atoms. The van der Waals surface area contributed by atoms with Crippen LogP contribution in [0.2, 0.25) is 0 Å². The number of nitrogens with zero attached hydrogens (tertiary/aromatic N) is 4. The van der Waals surface area contributed by atoms with Crippen LogP contribution in [0, 0.1) is 27.7 Å². The van der Waals surface area contributed by atoms with E-state index in [9.17, 15) is 18.0 Å². The molecule has 1 unspecified atom stereocenters. The molecule has 2 fully saturated rings. The van der Waals surface area contributed by atoms with Gasteiger partial charge in [0.2, 0.25) is 5.91 Å². The minimum absolute atomic E-state index is 0.0132. The molecule has 0 bridgehead atoms. The van der Waals surface area contributed by atoms with E-state index in [0.717, 1.165) is 73.0 Å². The molecule has 2 aliphatic rings. The normalized spacial score (nSPS) is 21.2. The van der Waals surface area contributed by atoms with Gasteiger partial charge in [0.25, 0.3) is 0 Å². The Morgan fingerprint density at radius 1 is 1.11 bits per heavy atom. The molecule has 2 aliphatic heterocycles. The second-order valence-corrected chi connectivity index (χ2v) is 10.5. The molecular formula is C23H31F3N4O4S. The highest BCUT2D eigenvalue weighted by atomic mass is 32.1. The number of thiazole rings is 1. The van der Waals surface area contributed by atoms with Crippen molar-refractivity contribution >= 4 is 23.2 Å². The van der Waals surface area contributed by atoms with Gasteiger partial charge in [-0.3, -0.25) is 9.69 Å². The average Bonchev–Trinajstić information content (AvgIpc) is 3.30. The van der Waals surface area contributed by atoms with Crippen molar-refractivity contribution in [1.82, 2.24) is 19.9 Å². The van der Waals surface area contributed by atoms with Crippen molar-refractivity contribution in [3.63, 3.8) is 0 Å². The number of carbonyl (C=O) groups is 2. The first-order valence-electron chi connectivity index (χ1n) is 11.5. The number of hydrogen-bond acceptors (Lipinski definition) is 7. The maximum atomic E-state index is 12.8. The fraction of sp³-hybridized carbons (Fsp3) is 0.652. The highest BCUT2D eigenvalue weighted by Crippen LogP contribution is 2.41. The molecule has 0 aromatic carbocycles. The SMILES string of the molecule is Cc1nc(C)c(CN2CCCC3(CCC(=O)N3Cc3c(C)noc3C)CC2)s1.O=C(O)C(F)(F)F. The van der Waals surface area contributed by atoms with Crippen molar-refractivity contribution in [2.24, 2.45) is 0 Å². The van der Waals surface area contributed by atoms with Gasteiger partial charge in [0.05, 0.1) is 22.9 Å². The van der Waals surface area contributed by atoms with E-state index in [1.54, 1.807) is 0 Å².